The number of hydrazine groups is 2. The summed E-state index contributed by atoms with van der Waals surface area (Å²) in [5.74, 6) is 0. The third-order valence-electron chi connectivity index (χ3n) is 0.848. The summed E-state index contributed by atoms with van der Waals surface area (Å²) in [6.07, 6.45) is 2.42. The van der Waals surface area contributed by atoms with E-state index in [1.54, 1.807) is 7.05 Å². The van der Waals surface area contributed by atoms with E-state index in [9.17, 15) is 4.79 Å². The Bertz CT molecular complexity index is 154. The first-order chi connectivity index (χ1) is 4.22. The molecular formula is C3H6N5O. The second-order valence-corrected chi connectivity index (χ2v) is 1.49. The highest BCUT2D eigenvalue weighted by molar-refractivity contribution is 5.74. The second kappa shape index (κ2) is 1.81. The van der Waals surface area contributed by atoms with Gasteiger partial charge in [0.2, 0.25) is 6.34 Å². The summed E-state index contributed by atoms with van der Waals surface area (Å²) in [6.45, 7) is 0. The van der Waals surface area contributed by atoms with Gasteiger partial charge < -0.3 is 5.73 Å². The number of urea groups is 1. The van der Waals surface area contributed by atoms with Crippen LogP contribution in [0.3, 0.4) is 0 Å². The predicted octanol–water partition coefficient (Wildman–Crippen LogP) is -1.45. The van der Waals surface area contributed by atoms with Crippen LogP contribution in [-0.4, -0.2) is 29.5 Å². The monoisotopic (exact) mass is 128 g/mol. The standard InChI is InChI=1S/C3H6N5O/c1-7-2-5-6-8(7)3(4)9/h6H,1H3,(H2,4,9). The van der Waals surface area contributed by atoms with Crippen LogP contribution >= 0.6 is 0 Å². The highest BCUT2D eigenvalue weighted by atomic mass is 16.2. The van der Waals surface area contributed by atoms with Crippen molar-refractivity contribution in [3.63, 3.8) is 0 Å². The number of primary amides is 1. The average Bonchev–Trinajstić information content (AvgIpc) is 2.13. The molecule has 49 valence electrons. The van der Waals surface area contributed by atoms with Crippen molar-refractivity contribution >= 4 is 12.4 Å². The van der Waals surface area contributed by atoms with Gasteiger partial charge in [-0.1, -0.05) is 0 Å². The summed E-state index contributed by atoms with van der Waals surface area (Å²) in [5, 5.41) is 5.74. The Balaban J connectivity index is 2.55. The number of rotatable bonds is 0. The fraction of sp³-hybridized carbons (Fsp3) is 0.333. The van der Waals surface area contributed by atoms with E-state index in [2.05, 4.69) is 17.0 Å². The SMILES string of the molecule is CN1[C]=NNN1C(N)=O. The van der Waals surface area contributed by atoms with Crippen molar-refractivity contribution in [1.82, 2.24) is 15.7 Å². The van der Waals surface area contributed by atoms with Gasteiger partial charge in [0.1, 0.15) is 0 Å². The molecule has 0 unspecified atom stereocenters. The van der Waals surface area contributed by atoms with Crippen LogP contribution in [0.4, 0.5) is 4.79 Å². The molecule has 1 aliphatic rings. The zero-order valence-corrected chi connectivity index (χ0v) is 4.83. The van der Waals surface area contributed by atoms with Gasteiger partial charge >= 0.3 is 6.03 Å². The molecule has 6 nitrogen and oxygen atoms in total. The van der Waals surface area contributed by atoms with Gasteiger partial charge in [0.15, 0.2) is 0 Å². The number of nitrogens with two attached hydrogens (primary N) is 1. The lowest BCUT2D eigenvalue weighted by Gasteiger charge is -2.18. The Morgan fingerprint density at radius 3 is 2.78 bits per heavy atom. The summed E-state index contributed by atoms with van der Waals surface area (Å²) < 4.78 is 0. The maximum Gasteiger partial charge on any atom is 0.354 e. The van der Waals surface area contributed by atoms with Crippen LogP contribution < -0.4 is 11.3 Å². The molecule has 2 amide bonds. The normalized spacial score (nSPS) is 16.1. The maximum atomic E-state index is 10.4. The molecule has 1 rings (SSSR count). The molecule has 3 N–H and O–H groups in total. The topological polar surface area (TPSA) is 74.0 Å². The first-order valence-electron chi connectivity index (χ1n) is 2.26. The molecule has 0 saturated heterocycles. The minimum atomic E-state index is -0.619. The minimum Gasteiger partial charge on any atom is -0.349 e. The van der Waals surface area contributed by atoms with Crippen LogP contribution in [0.25, 0.3) is 0 Å². The molecule has 0 aromatic rings. The van der Waals surface area contributed by atoms with E-state index >= 15 is 0 Å². The van der Waals surface area contributed by atoms with Gasteiger partial charge in [-0.3, -0.25) is 0 Å². The zero-order valence-electron chi connectivity index (χ0n) is 4.83. The fourth-order valence-corrected chi connectivity index (χ4v) is 0.451. The van der Waals surface area contributed by atoms with Crippen LogP contribution in [0.1, 0.15) is 0 Å². The number of carbonyl (C=O) groups is 1. The highest BCUT2D eigenvalue weighted by Gasteiger charge is 2.16. The Morgan fingerprint density at radius 1 is 1.89 bits per heavy atom. The van der Waals surface area contributed by atoms with Gasteiger partial charge in [-0.15, -0.1) is 10.2 Å². The molecule has 0 aromatic heterocycles. The van der Waals surface area contributed by atoms with Gasteiger partial charge in [-0.25, -0.2) is 9.80 Å². The average molecular weight is 128 g/mol. The van der Waals surface area contributed by atoms with Crippen LogP contribution in [0, 0.1) is 0 Å². The third-order valence-corrected chi connectivity index (χ3v) is 0.848. The van der Waals surface area contributed by atoms with E-state index in [1.807, 2.05) is 0 Å². The number of hydrogen-bond acceptors (Lipinski definition) is 4. The molecular weight excluding hydrogens is 122 g/mol. The predicted molar refractivity (Wildman–Crippen MR) is 29.8 cm³/mol. The Labute approximate surface area is 51.8 Å². The molecule has 0 saturated carbocycles. The molecule has 1 radical (unpaired) electrons. The molecule has 9 heavy (non-hydrogen) atoms. The van der Waals surface area contributed by atoms with E-state index in [-0.39, 0.29) is 0 Å². The molecule has 0 fully saturated rings. The fourth-order valence-electron chi connectivity index (χ4n) is 0.451. The maximum absolute atomic E-state index is 10.4. The van der Waals surface area contributed by atoms with Gasteiger partial charge in [0.25, 0.3) is 0 Å². The van der Waals surface area contributed by atoms with Crippen molar-refractivity contribution in [2.75, 3.05) is 7.05 Å². The summed E-state index contributed by atoms with van der Waals surface area (Å²) in [6, 6.07) is -0.619. The number of carbonyl (C=O) groups excluding carboxylic acids is 1. The highest BCUT2D eigenvalue weighted by Crippen LogP contribution is 1.91. The number of amides is 2. The molecule has 1 heterocycles. The van der Waals surface area contributed by atoms with E-state index in [4.69, 9.17) is 5.73 Å². The largest absolute Gasteiger partial charge is 0.354 e. The smallest absolute Gasteiger partial charge is 0.349 e. The lowest BCUT2D eigenvalue weighted by atomic mass is 11.0. The Morgan fingerprint density at radius 2 is 2.56 bits per heavy atom. The Kier molecular flexibility index (Phi) is 1.14. The minimum absolute atomic E-state index is 0.619. The molecule has 0 aromatic carbocycles. The van der Waals surface area contributed by atoms with Gasteiger partial charge in [0, 0.05) is 7.05 Å². The van der Waals surface area contributed by atoms with Crippen LogP contribution in [0.5, 0.6) is 0 Å². The molecule has 0 atom stereocenters. The lowest BCUT2D eigenvalue weighted by Crippen LogP contribution is -2.47. The Hall–Kier alpha value is -1.46. The molecule has 0 spiro atoms. The number of nitrogens with one attached hydrogen (secondary N) is 1. The van der Waals surface area contributed by atoms with Crippen molar-refractivity contribution in [2.24, 2.45) is 10.8 Å². The van der Waals surface area contributed by atoms with Crippen molar-refractivity contribution < 1.29 is 4.79 Å². The van der Waals surface area contributed by atoms with Crippen LogP contribution in [0.15, 0.2) is 5.10 Å². The quantitative estimate of drug-likeness (QED) is 0.419. The van der Waals surface area contributed by atoms with Gasteiger partial charge in [-0.05, 0) is 0 Å². The number of hydrazone groups is 1. The first kappa shape index (κ1) is 5.67. The van der Waals surface area contributed by atoms with Crippen LogP contribution in [0.2, 0.25) is 0 Å². The summed E-state index contributed by atoms with van der Waals surface area (Å²) in [4.78, 5) is 10.4. The molecule has 1 aliphatic heterocycles. The van der Waals surface area contributed by atoms with Crippen molar-refractivity contribution in [3.05, 3.63) is 0 Å². The third kappa shape index (κ3) is 0.857. The van der Waals surface area contributed by atoms with E-state index in [0.29, 0.717) is 0 Å². The van der Waals surface area contributed by atoms with Gasteiger partial charge in [0.05, 0.1) is 0 Å². The van der Waals surface area contributed by atoms with E-state index < -0.39 is 6.03 Å². The van der Waals surface area contributed by atoms with E-state index in [0.717, 1.165) is 5.12 Å². The zero-order chi connectivity index (χ0) is 6.85. The van der Waals surface area contributed by atoms with Crippen molar-refractivity contribution in [2.45, 2.75) is 0 Å². The van der Waals surface area contributed by atoms with E-state index in [1.165, 1.54) is 5.01 Å². The lowest BCUT2D eigenvalue weighted by molar-refractivity contribution is 0.0849. The summed E-state index contributed by atoms with van der Waals surface area (Å²) in [5.41, 5.74) is 7.18. The van der Waals surface area contributed by atoms with Crippen molar-refractivity contribution in [3.8, 4) is 0 Å². The van der Waals surface area contributed by atoms with Gasteiger partial charge in [-0.2, -0.15) is 5.53 Å². The number of nitrogens with zero attached hydrogens (tertiary/aromatic N) is 3. The molecule has 6 heteroatoms. The first-order valence-corrected chi connectivity index (χ1v) is 2.26. The molecule has 0 aliphatic carbocycles. The second-order valence-electron chi connectivity index (χ2n) is 1.49. The number of hydrogen-bond donors (Lipinski definition) is 2. The van der Waals surface area contributed by atoms with Crippen LogP contribution in [-0.2, 0) is 0 Å². The van der Waals surface area contributed by atoms with Crippen molar-refractivity contribution in [1.29, 1.82) is 0 Å². The summed E-state index contributed by atoms with van der Waals surface area (Å²) >= 11 is 0. The summed E-state index contributed by atoms with van der Waals surface area (Å²) in [7, 11) is 1.59. The molecule has 0 bridgehead atoms.